The summed E-state index contributed by atoms with van der Waals surface area (Å²) in [5.41, 5.74) is 0.464. The van der Waals surface area contributed by atoms with Gasteiger partial charge in [0.2, 0.25) is 0 Å². The second-order valence-electron chi connectivity index (χ2n) is 4.40. The number of likely N-dealkylation sites (N-methyl/N-ethyl adjacent to an activating group) is 1. The van der Waals surface area contributed by atoms with Crippen LogP contribution in [0.1, 0.15) is 11.1 Å². The van der Waals surface area contributed by atoms with E-state index in [-0.39, 0.29) is 0 Å². The standard InChI is InChI=1S/C15H15Cl2NO/c1-18-10-15(19,11-2-6-13(16)7-3-11)12-4-8-14(17)9-5-12/h2-9,18-19H,10H2,1H3. The van der Waals surface area contributed by atoms with E-state index >= 15 is 0 Å². The molecule has 0 amide bonds. The van der Waals surface area contributed by atoms with Gasteiger partial charge in [-0.3, -0.25) is 0 Å². The molecule has 2 nitrogen and oxygen atoms in total. The Bertz CT molecular complexity index is 492. The first-order chi connectivity index (χ1) is 9.06. The van der Waals surface area contributed by atoms with Crippen molar-refractivity contribution in [3.8, 4) is 0 Å². The summed E-state index contributed by atoms with van der Waals surface area (Å²) < 4.78 is 0. The molecule has 0 atom stereocenters. The number of nitrogens with one attached hydrogen (secondary N) is 1. The van der Waals surface area contributed by atoms with E-state index in [2.05, 4.69) is 5.32 Å². The highest BCUT2D eigenvalue weighted by Gasteiger charge is 2.30. The second-order valence-corrected chi connectivity index (χ2v) is 5.28. The molecular weight excluding hydrogens is 281 g/mol. The average Bonchev–Trinajstić information content (AvgIpc) is 2.40. The smallest absolute Gasteiger partial charge is 0.127 e. The first-order valence-corrected chi connectivity index (χ1v) is 6.71. The predicted molar refractivity (Wildman–Crippen MR) is 79.8 cm³/mol. The molecule has 0 bridgehead atoms. The Morgan fingerprint density at radius 1 is 0.895 bits per heavy atom. The summed E-state index contributed by atoms with van der Waals surface area (Å²) in [4.78, 5) is 0. The van der Waals surface area contributed by atoms with E-state index in [1.807, 2.05) is 24.3 Å². The second kappa shape index (κ2) is 5.93. The predicted octanol–water partition coefficient (Wildman–Crippen LogP) is 3.45. The van der Waals surface area contributed by atoms with Crippen molar-refractivity contribution < 1.29 is 5.11 Å². The van der Waals surface area contributed by atoms with Crippen LogP contribution in [0.15, 0.2) is 48.5 Å². The monoisotopic (exact) mass is 295 g/mol. The van der Waals surface area contributed by atoms with Crippen LogP contribution in [0.25, 0.3) is 0 Å². The Morgan fingerprint density at radius 2 is 1.26 bits per heavy atom. The average molecular weight is 296 g/mol. The maximum Gasteiger partial charge on any atom is 0.127 e. The largest absolute Gasteiger partial charge is 0.379 e. The van der Waals surface area contributed by atoms with Crippen molar-refractivity contribution in [2.24, 2.45) is 0 Å². The number of aliphatic hydroxyl groups is 1. The highest BCUT2D eigenvalue weighted by molar-refractivity contribution is 6.30. The Morgan fingerprint density at radius 3 is 1.58 bits per heavy atom. The Balaban J connectivity index is 2.47. The highest BCUT2D eigenvalue weighted by Crippen LogP contribution is 2.30. The van der Waals surface area contributed by atoms with Gasteiger partial charge in [0, 0.05) is 16.6 Å². The van der Waals surface area contributed by atoms with Gasteiger partial charge in [-0.25, -0.2) is 0 Å². The number of halogens is 2. The molecule has 0 heterocycles. The minimum atomic E-state index is -1.11. The molecule has 0 radical (unpaired) electrons. The van der Waals surface area contributed by atoms with Gasteiger partial charge in [0.25, 0.3) is 0 Å². The fourth-order valence-electron chi connectivity index (χ4n) is 2.08. The molecule has 19 heavy (non-hydrogen) atoms. The molecule has 0 fully saturated rings. The maximum absolute atomic E-state index is 11.0. The van der Waals surface area contributed by atoms with Crippen molar-refractivity contribution >= 4 is 23.2 Å². The van der Waals surface area contributed by atoms with Gasteiger partial charge < -0.3 is 10.4 Å². The van der Waals surface area contributed by atoms with Gasteiger partial charge in [0.1, 0.15) is 5.60 Å². The number of rotatable bonds is 4. The van der Waals surface area contributed by atoms with Crippen molar-refractivity contribution in [2.45, 2.75) is 5.60 Å². The van der Waals surface area contributed by atoms with E-state index in [1.165, 1.54) is 0 Å². The van der Waals surface area contributed by atoms with E-state index in [0.29, 0.717) is 16.6 Å². The van der Waals surface area contributed by atoms with Crippen LogP contribution in [0, 0.1) is 0 Å². The van der Waals surface area contributed by atoms with Crippen molar-refractivity contribution in [3.05, 3.63) is 69.7 Å². The van der Waals surface area contributed by atoms with Crippen molar-refractivity contribution in [1.29, 1.82) is 0 Å². The van der Waals surface area contributed by atoms with Gasteiger partial charge in [-0.2, -0.15) is 0 Å². The summed E-state index contributed by atoms with van der Waals surface area (Å²) in [5, 5.41) is 15.3. The minimum absolute atomic E-state index is 0.399. The zero-order valence-electron chi connectivity index (χ0n) is 10.5. The maximum atomic E-state index is 11.0. The molecular formula is C15H15Cl2NO. The molecule has 0 unspecified atom stereocenters. The molecule has 0 aromatic heterocycles. The summed E-state index contributed by atoms with van der Waals surface area (Å²) in [6.07, 6.45) is 0. The van der Waals surface area contributed by atoms with Gasteiger partial charge in [0.05, 0.1) is 0 Å². The van der Waals surface area contributed by atoms with E-state index in [0.717, 1.165) is 11.1 Å². The van der Waals surface area contributed by atoms with Crippen LogP contribution in [0.4, 0.5) is 0 Å². The lowest BCUT2D eigenvalue weighted by Crippen LogP contribution is -2.37. The van der Waals surface area contributed by atoms with Crippen molar-refractivity contribution in [1.82, 2.24) is 5.32 Å². The third kappa shape index (κ3) is 3.10. The molecule has 4 heteroatoms. The van der Waals surface area contributed by atoms with Gasteiger partial charge >= 0.3 is 0 Å². The van der Waals surface area contributed by atoms with Crippen molar-refractivity contribution in [3.63, 3.8) is 0 Å². The summed E-state index contributed by atoms with van der Waals surface area (Å²) in [6.45, 7) is 0.399. The van der Waals surface area contributed by atoms with E-state index in [4.69, 9.17) is 23.2 Å². The minimum Gasteiger partial charge on any atom is -0.379 e. The Hall–Kier alpha value is -1.06. The van der Waals surface area contributed by atoms with E-state index < -0.39 is 5.60 Å². The fourth-order valence-corrected chi connectivity index (χ4v) is 2.33. The van der Waals surface area contributed by atoms with Gasteiger partial charge in [-0.05, 0) is 42.4 Å². The van der Waals surface area contributed by atoms with E-state index in [1.54, 1.807) is 31.3 Å². The molecule has 0 saturated heterocycles. The quantitative estimate of drug-likeness (QED) is 0.905. The molecule has 2 aromatic carbocycles. The first kappa shape index (κ1) is 14.4. The number of hydrogen-bond acceptors (Lipinski definition) is 2. The van der Waals surface area contributed by atoms with Crippen LogP contribution in [0.2, 0.25) is 10.0 Å². The molecule has 0 aliphatic heterocycles. The zero-order chi connectivity index (χ0) is 13.9. The first-order valence-electron chi connectivity index (χ1n) is 5.95. The molecule has 0 aliphatic carbocycles. The lowest BCUT2D eigenvalue weighted by molar-refractivity contribution is 0.0823. The molecule has 2 aromatic rings. The Labute approximate surface area is 123 Å². The van der Waals surface area contributed by atoms with Crippen LogP contribution >= 0.6 is 23.2 Å². The lowest BCUT2D eigenvalue weighted by Gasteiger charge is -2.29. The fraction of sp³-hybridized carbons (Fsp3) is 0.200. The van der Waals surface area contributed by atoms with Crippen LogP contribution in [-0.4, -0.2) is 18.7 Å². The van der Waals surface area contributed by atoms with Crippen LogP contribution < -0.4 is 5.32 Å². The summed E-state index contributed by atoms with van der Waals surface area (Å²) in [5.74, 6) is 0. The van der Waals surface area contributed by atoms with Crippen LogP contribution in [-0.2, 0) is 5.60 Å². The zero-order valence-corrected chi connectivity index (χ0v) is 12.0. The van der Waals surface area contributed by atoms with Gasteiger partial charge in [0.15, 0.2) is 0 Å². The Kier molecular flexibility index (Phi) is 4.48. The summed E-state index contributed by atoms with van der Waals surface area (Å²) in [7, 11) is 1.80. The highest BCUT2D eigenvalue weighted by atomic mass is 35.5. The summed E-state index contributed by atoms with van der Waals surface area (Å²) >= 11 is 11.8. The normalized spacial score (nSPS) is 11.6. The molecule has 0 aliphatic rings. The molecule has 0 spiro atoms. The van der Waals surface area contributed by atoms with E-state index in [9.17, 15) is 5.11 Å². The van der Waals surface area contributed by atoms with Crippen LogP contribution in [0.5, 0.6) is 0 Å². The molecule has 100 valence electrons. The topological polar surface area (TPSA) is 32.3 Å². The third-order valence-electron chi connectivity index (χ3n) is 3.08. The van der Waals surface area contributed by atoms with Crippen molar-refractivity contribution in [2.75, 3.05) is 13.6 Å². The van der Waals surface area contributed by atoms with Gasteiger partial charge in [-0.1, -0.05) is 47.5 Å². The van der Waals surface area contributed by atoms with Gasteiger partial charge in [-0.15, -0.1) is 0 Å². The number of benzene rings is 2. The third-order valence-corrected chi connectivity index (χ3v) is 3.58. The SMILES string of the molecule is CNCC(O)(c1ccc(Cl)cc1)c1ccc(Cl)cc1. The van der Waals surface area contributed by atoms with Crippen LogP contribution in [0.3, 0.4) is 0 Å². The summed E-state index contributed by atoms with van der Waals surface area (Å²) in [6, 6.07) is 14.4. The molecule has 2 rings (SSSR count). The number of hydrogen-bond donors (Lipinski definition) is 2. The molecule has 2 N–H and O–H groups in total. The lowest BCUT2D eigenvalue weighted by atomic mass is 9.86. The molecule has 0 saturated carbocycles.